The van der Waals surface area contributed by atoms with E-state index in [1.165, 1.54) is 0 Å². The average Bonchev–Trinajstić information content (AvgIpc) is 2.19. The molecule has 0 saturated heterocycles. The summed E-state index contributed by atoms with van der Waals surface area (Å²) < 4.78 is 0. The van der Waals surface area contributed by atoms with Crippen LogP contribution in [0.25, 0.3) is 0 Å². The highest BCUT2D eigenvalue weighted by Gasteiger charge is 2.07. The second-order valence-electron chi connectivity index (χ2n) is 3.15. The van der Waals surface area contributed by atoms with Crippen molar-refractivity contribution in [3.05, 3.63) is 35.9 Å². The topological polar surface area (TPSA) is 29.1 Å². The number of carbonyl (C=O) groups excluding carboxylic acids is 1. The molecule has 0 radical (unpaired) electrons. The van der Waals surface area contributed by atoms with Crippen LogP contribution in [0.2, 0.25) is 0 Å². The molecule has 0 aromatic heterocycles. The number of nitrogens with one attached hydrogen (secondary N) is 1. The first kappa shape index (κ1) is 10.3. The SMILES string of the molecule is C#CCC(C)NC(=O)c1ccccc1. The van der Waals surface area contributed by atoms with Crippen LogP contribution in [0, 0.1) is 12.3 Å². The minimum absolute atomic E-state index is 0.0210. The Balaban J connectivity index is 2.56. The summed E-state index contributed by atoms with van der Waals surface area (Å²) >= 11 is 0. The Morgan fingerprint density at radius 1 is 1.50 bits per heavy atom. The molecule has 1 aromatic carbocycles. The summed E-state index contributed by atoms with van der Waals surface area (Å²) in [6.07, 6.45) is 5.70. The maximum atomic E-state index is 11.6. The van der Waals surface area contributed by atoms with Crippen LogP contribution in [0.5, 0.6) is 0 Å². The summed E-state index contributed by atoms with van der Waals surface area (Å²) in [4.78, 5) is 11.6. The van der Waals surface area contributed by atoms with Crippen LogP contribution in [0.15, 0.2) is 30.3 Å². The van der Waals surface area contributed by atoms with E-state index in [2.05, 4.69) is 11.2 Å². The Morgan fingerprint density at radius 3 is 2.71 bits per heavy atom. The summed E-state index contributed by atoms with van der Waals surface area (Å²) in [6, 6.07) is 9.12. The molecule has 1 atom stereocenters. The van der Waals surface area contributed by atoms with Crippen LogP contribution in [0.3, 0.4) is 0 Å². The summed E-state index contributed by atoms with van der Waals surface area (Å²) in [5.41, 5.74) is 0.663. The number of rotatable bonds is 3. The Hall–Kier alpha value is -1.75. The van der Waals surface area contributed by atoms with Crippen molar-refractivity contribution >= 4 is 5.91 Å². The first-order valence-corrected chi connectivity index (χ1v) is 4.53. The van der Waals surface area contributed by atoms with Gasteiger partial charge >= 0.3 is 0 Å². The van der Waals surface area contributed by atoms with Crippen LogP contribution in [-0.2, 0) is 0 Å². The molecule has 2 heteroatoms. The minimum Gasteiger partial charge on any atom is -0.349 e. The summed E-state index contributed by atoms with van der Waals surface area (Å²) in [5, 5.41) is 2.82. The van der Waals surface area contributed by atoms with Gasteiger partial charge in [-0.15, -0.1) is 12.3 Å². The van der Waals surface area contributed by atoms with Crippen molar-refractivity contribution in [2.45, 2.75) is 19.4 Å². The van der Waals surface area contributed by atoms with Crippen LogP contribution >= 0.6 is 0 Å². The van der Waals surface area contributed by atoms with Gasteiger partial charge in [0.15, 0.2) is 0 Å². The number of terminal acetylenes is 1. The smallest absolute Gasteiger partial charge is 0.251 e. The highest BCUT2D eigenvalue weighted by molar-refractivity contribution is 5.94. The molecule has 0 aliphatic heterocycles. The first-order valence-electron chi connectivity index (χ1n) is 4.53. The predicted octanol–water partition coefficient (Wildman–Crippen LogP) is 1.83. The predicted molar refractivity (Wildman–Crippen MR) is 56.8 cm³/mol. The minimum atomic E-state index is -0.0756. The largest absolute Gasteiger partial charge is 0.349 e. The lowest BCUT2D eigenvalue weighted by molar-refractivity contribution is 0.0941. The van der Waals surface area contributed by atoms with Crippen LogP contribution in [0.4, 0.5) is 0 Å². The zero-order chi connectivity index (χ0) is 10.4. The van der Waals surface area contributed by atoms with E-state index in [-0.39, 0.29) is 11.9 Å². The highest BCUT2D eigenvalue weighted by atomic mass is 16.1. The average molecular weight is 187 g/mol. The molecule has 1 rings (SSSR count). The van der Waals surface area contributed by atoms with Gasteiger partial charge < -0.3 is 5.32 Å². The Kier molecular flexibility index (Phi) is 3.75. The molecule has 1 aromatic rings. The molecular weight excluding hydrogens is 174 g/mol. The monoisotopic (exact) mass is 187 g/mol. The van der Waals surface area contributed by atoms with E-state index in [1.807, 2.05) is 25.1 Å². The Bertz CT molecular complexity index is 337. The molecule has 2 nitrogen and oxygen atoms in total. The van der Waals surface area contributed by atoms with Crippen LogP contribution < -0.4 is 5.32 Å². The van der Waals surface area contributed by atoms with E-state index in [0.29, 0.717) is 12.0 Å². The Labute approximate surface area is 84.3 Å². The lowest BCUT2D eigenvalue weighted by atomic mass is 10.2. The van der Waals surface area contributed by atoms with Crippen LogP contribution in [-0.4, -0.2) is 11.9 Å². The standard InChI is InChI=1S/C12H13NO/c1-3-7-10(2)13-12(14)11-8-5-4-6-9-11/h1,4-6,8-10H,7H2,2H3,(H,13,14). The molecule has 0 bridgehead atoms. The second-order valence-corrected chi connectivity index (χ2v) is 3.15. The van der Waals surface area contributed by atoms with Gasteiger partial charge in [-0.3, -0.25) is 4.79 Å². The number of hydrogen-bond acceptors (Lipinski definition) is 1. The quantitative estimate of drug-likeness (QED) is 0.719. The normalized spacial score (nSPS) is 11.4. The molecule has 72 valence electrons. The van der Waals surface area contributed by atoms with Crippen molar-refractivity contribution in [1.82, 2.24) is 5.32 Å². The van der Waals surface area contributed by atoms with Crippen LogP contribution in [0.1, 0.15) is 23.7 Å². The van der Waals surface area contributed by atoms with Gasteiger partial charge in [-0.1, -0.05) is 18.2 Å². The fraction of sp³-hybridized carbons (Fsp3) is 0.250. The third-order valence-electron chi connectivity index (χ3n) is 1.84. The van der Waals surface area contributed by atoms with Crippen molar-refractivity contribution in [3.63, 3.8) is 0 Å². The molecular formula is C12H13NO. The van der Waals surface area contributed by atoms with Gasteiger partial charge in [0, 0.05) is 18.0 Å². The van der Waals surface area contributed by atoms with Crippen molar-refractivity contribution < 1.29 is 4.79 Å². The van der Waals surface area contributed by atoms with E-state index in [0.717, 1.165) is 0 Å². The first-order chi connectivity index (χ1) is 6.74. The van der Waals surface area contributed by atoms with Gasteiger partial charge in [0.1, 0.15) is 0 Å². The molecule has 1 unspecified atom stereocenters. The van der Waals surface area contributed by atoms with Gasteiger partial charge in [0.05, 0.1) is 0 Å². The van der Waals surface area contributed by atoms with Crippen molar-refractivity contribution in [3.8, 4) is 12.3 Å². The third kappa shape index (κ3) is 2.95. The van der Waals surface area contributed by atoms with Gasteiger partial charge in [-0.2, -0.15) is 0 Å². The molecule has 1 amide bonds. The summed E-state index contributed by atoms with van der Waals surface area (Å²) in [5.74, 6) is 2.43. The molecule has 1 N–H and O–H groups in total. The van der Waals surface area contributed by atoms with Gasteiger partial charge in [-0.25, -0.2) is 0 Å². The van der Waals surface area contributed by atoms with Crippen molar-refractivity contribution in [2.75, 3.05) is 0 Å². The lowest BCUT2D eigenvalue weighted by Crippen LogP contribution is -2.32. The second kappa shape index (κ2) is 5.08. The molecule has 0 aliphatic carbocycles. The van der Waals surface area contributed by atoms with Crippen molar-refractivity contribution in [2.24, 2.45) is 0 Å². The number of hydrogen-bond donors (Lipinski definition) is 1. The maximum Gasteiger partial charge on any atom is 0.251 e. The zero-order valence-corrected chi connectivity index (χ0v) is 8.16. The van der Waals surface area contributed by atoms with E-state index >= 15 is 0 Å². The molecule has 14 heavy (non-hydrogen) atoms. The summed E-state index contributed by atoms with van der Waals surface area (Å²) in [7, 11) is 0. The third-order valence-corrected chi connectivity index (χ3v) is 1.84. The molecule has 0 spiro atoms. The number of amides is 1. The number of benzene rings is 1. The molecule has 0 fully saturated rings. The zero-order valence-electron chi connectivity index (χ0n) is 8.16. The van der Waals surface area contributed by atoms with E-state index < -0.39 is 0 Å². The molecule has 0 aliphatic rings. The van der Waals surface area contributed by atoms with Gasteiger partial charge in [-0.05, 0) is 19.1 Å². The maximum absolute atomic E-state index is 11.6. The molecule has 0 heterocycles. The highest BCUT2D eigenvalue weighted by Crippen LogP contribution is 1.99. The van der Waals surface area contributed by atoms with Gasteiger partial charge in [0.2, 0.25) is 0 Å². The summed E-state index contributed by atoms with van der Waals surface area (Å²) in [6.45, 7) is 1.89. The van der Waals surface area contributed by atoms with E-state index in [4.69, 9.17) is 6.42 Å². The molecule has 0 saturated carbocycles. The van der Waals surface area contributed by atoms with Crippen molar-refractivity contribution in [1.29, 1.82) is 0 Å². The lowest BCUT2D eigenvalue weighted by Gasteiger charge is -2.10. The van der Waals surface area contributed by atoms with E-state index in [9.17, 15) is 4.79 Å². The van der Waals surface area contributed by atoms with E-state index in [1.54, 1.807) is 12.1 Å². The fourth-order valence-corrected chi connectivity index (χ4v) is 1.12. The Morgan fingerprint density at radius 2 is 2.14 bits per heavy atom. The van der Waals surface area contributed by atoms with Gasteiger partial charge in [0.25, 0.3) is 5.91 Å². The fourth-order valence-electron chi connectivity index (χ4n) is 1.12. The number of carbonyl (C=O) groups is 1.